The average Bonchev–Trinajstić information content (AvgIpc) is 2.46. The van der Waals surface area contributed by atoms with Gasteiger partial charge in [0.2, 0.25) is 0 Å². The molecule has 0 aliphatic heterocycles. The molecule has 1 N–H and O–H groups in total. The zero-order chi connectivity index (χ0) is 14.4. The predicted octanol–water partition coefficient (Wildman–Crippen LogP) is 1.58. The summed E-state index contributed by atoms with van der Waals surface area (Å²) in [6.45, 7) is 1.52. The van der Waals surface area contributed by atoms with Crippen molar-refractivity contribution in [2.45, 2.75) is 6.92 Å². The van der Waals surface area contributed by atoms with Crippen LogP contribution in [0.15, 0.2) is 42.9 Å². The van der Waals surface area contributed by atoms with Gasteiger partial charge in [0.05, 0.1) is 5.56 Å². The van der Waals surface area contributed by atoms with Gasteiger partial charge in [-0.05, 0) is 36.8 Å². The quantitative estimate of drug-likeness (QED) is 0.854. The van der Waals surface area contributed by atoms with Crippen molar-refractivity contribution in [2.75, 3.05) is 11.9 Å². The number of carbonyl (C=O) groups excluding carboxylic acids is 2. The van der Waals surface area contributed by atoms with Crippen molar-refractivity contribution in [1.82, 2.24) is 9.97 Å². The van der Waals surface area contributed by atoms with Gasteiger partial charge in [0.15, 0.2) is 6.61 Å². The third kappa shape index (κ3) is 3.88. The number of pyridine rings is 2. The monoisotopic (exact) mass is 271 g/mol. The zero-order valence-corrected chi connectivity index (χ0v) is 10.9. The first kappa shape index (κ1) is 13.7. The number of rotatable bonds is 4. The maximum absolute atomic E-state index is 11.6. The Kier molecular flexibility index (Phi) is 4.39. The Morgan fingerprint density at radius 3 is 2.85 bits per heavy atom. The normalized spacial score (nSPS) is 9.85. The van der Waals surface area contributed by atoms with Crippen LogP contribution in [0.5, 0.6) is 0 Å². The first-order chi connectivity index (χ1) is 9.65. The smallest absolute Gasteiger partial charge is 0.340 e. The third-order valence-corrected chi connectivity index (χ3v) is 2.41. The molecule has 6 heteroatoms. The Hall–Kier alpha value is -2.76. The van der Waals surface area contributed by atoms with Crippen molar-refractivity contribution in [3.05, 3.63) is 54.0 Å². The summed E-state index contributed by atoms with van der Waals surface area (Å²) >= 11 is 0. The van der Waals surface area contributed by atoms with Gasteiger partial charge in [0.1, 0.15) is 5.82 Å². The van der Waals surface area contributed by atoms with E-state index in [9.17, 15) is 9.59 Å². The Labute approximate surface area is 115 Å². The van der Waals surface area contributed by atoms with Gasteiger partial charge in [-0.1, -0.05) is 0 Å². The lowest BCUT2D eigenvalue weighted by Crippen LogP contribution is -2.21. The molecule has 0 radical (unpaired) electrons. The highest BCUT2D eigenvalue weighted by Gasteiger charge is 2.10. The molecule has 1 amide bonds. The van der Waals surface area contributed by atoms with Crippen LogP contribution in [0.1, 0.15) is 15.9 Å². The van der Waals surface area contributed by atoms with Gasteiger partial charge < -0.3 is 10.1 Å². The molecule has 0 bridgehead atoms. The van der Waals surface area contributed by atoms with Crippen LogP contribution in [0.3, 0.4) is 0 Å². The van der Waals surface area contributed by atoms with Crippen LogP contribution in [0.2, 0.25) is 0 Å². The van der Waals surface area contributed by atoms with E-state index in [0.29, 0.717) is 11.4 Å². The third-order valence-electron chi connectivity index (χ3n) is 2.41. The Balaban J connectivity index is 1.85. The highest BCUT2D eigenvalue weighted by molar-refractivity contribution is 5.94. The van der Waals surface area contributed by atoms with E-state index in [-0.39, 0.29) is 6.61 Å². The number of aromatic nitrogens is 2. The molecule has 0 unspecified atom stereocenters. The van der Waals surface area contributed by atoms with Crippen molar-refractivity contribution in [3.63, 3.8) is 0 Å². The topological polar surface area (TPSA) is 81.2 Å². The van der Waals surface area contributed by atoms with Crippen LogP contribution < -0.4 is 5.32 Å². The minimum atomic E-state index is -0.592. The number of carbonyl (C=O) groups is 2. The molecule has 2 aromatic heterocycles. The summed E-state index contributed by atoms with van der Waals surface area (Å²) in [7, 11) is 0. The van der Waals surface area contributed by atoms with Crippen LogP contribution in [0, 0.1) is 6.92 Å². The molecule has 102 valence electrons. The molecule has 2 heterocycles. The van der Waals surface area contributed by atoms with Gasteiger partial charge in [0, 0.05) is 18.6 Å². The van der Waals surface area contributed by atoms with Crippen LogP contribution in [0.4, 0.5) is 5.82 Å². The zero-order valence-electron chi connectivity index (χ0n) is 10.9. The maximum Gasteiger partial charge on any atom is 0.340 e. The maximum atomic E-state index is 11.6. The number of hydrogen-bond acceptors (Lipinski definition) is 5. The number of esters is 1. The van der Waals surface area contributed by atoms with Crippen molar-refractivity contribution in [3.8, 4) is 0 Å². The van der Waals surface area contributed by atoms with E-state index < -0.39 is 11.9 Å². The lowest BCUT2D eigenvalue weighted by molar-refractivity contribution is -0.119. The van der Waals surface area contributed by atoms with Gasteiger partial charge in [-0.25, -0.2) is 9.78 Å². The molecule has 0 atom stereocenters. The molecule has 0 saturated carbocycles. The highest BCUT2D eigenvalue weighted by atomic mass is 16.5. The van der Waals surface area contributed by atoms with Crippen molar-refractivity contribution < 1.29 is 14.3 Å². The van der Waals surface area contributed by atoms with Crippen molar-refractivity contribution >= 4 is 17.7 Å². The van der Waals surface area contributed by atoms with E-state index in [1.807, 2.05) is 13.0 Å². The SMILES string of the molecule is Cc1ccnc(NC(=O)COC(=O)c2cccnc2)c1. The van der Waals surface area contributed by atoms with E-state index in [1.54, 1.807) is 30.6 Å². The van der Waals surface area contributed by atoms with Crippen molar-refractivity contribution in [1.29, 1.82) is 0 Å². The van der Waals surface area contributed by atoms with Crippen molar-refractivity contribution in [2.24, 2.45) is 0 Å². The van der Waals surface area contributed by atoms with Gasteiger partial charge in [-0.3, -0.25) is 9.78 Å². The number of ether oxygens (including phenoxy) is 1. The first-order valence-electron chi connectivity index (χ1n) is 5.95. The summed E-state index contributed by atoms with van der Waals surface area (Å²) in [5, 5.41) is 2.55. The standard InChI is InChI=1S/C14H13N3O3/c1-10-4-6-16-12(7-10)17-13(18)9-20-14(19)11-3-2-5-15-8-11/h2-8H,9H2,1H3,(H,16,17,18). The molecular weight excluding hydrogens is 258 g/mol. The molecule has 0 spiro atoms. The Morgan fingerprint density at radius 2 is 2.15 bits per heavy atom. The lowest BCUT2D eigenvalue weighted by atomic mass is 10.3. The predicted molar refractivity (Wildman–Crippen MR) is 72.1 cm³/mol. The second kappa shape index (κ2) is 6.42. The summed E-state index contributed by atoms with van der Waals surface area (Å²) in [4.78, 5) is 31.0. The molecule has 0 aliphatic carbocycles. The highest BCUT2D eigenvalue weighted by Crippen LogP contribution is 2.05. The molecule has 0 saturated heterocycles. The Bertz CT molecular complexity index is 614. The molecule has 2 rings (SSSR count). The number of nitrogens with zero attached hydrogens (tertiary/aromatic N) is 2. The van der Waals surface area contributed by atoms with Crippen LogP contribution in [-0.2, 0) is 9.53 Å². The summed E-state index contributed by atoms with van der Waals surface area (Å²) < 4.78 is 4.87. The fraction of sp³-hybridized carbons (Fsp3) is 0.143. The van der Waals surface area contributed by atoms with Crippen LogP contribution >= 0.6 is 0 Å². The largest absolute Gasteiger partial charge is 0.452 e. The molecule has 2 aromatic rings. The molecule has 6 nitrogen and oxygen atoms in total. The first-order valence-corrected chi connectivity index (χ1v) is 5.95. The second-order valence-corrected chi connectivity index (χ2v) is 4.08. The Morgan fingerprint density at radius 1 is 1.30 bits per heavy atom. The molecule has 0 aromatic carbocycles. The van der Waals surface area contributed by atoms with Gasteiger partial charge in [-0.15, -0.1) is 0 Å². The molecular formula is C14H13N3O3. The average molecular weight is 271 g/mol. The van der Waals surface area contributed by atoms with Gasteiger partial charge >= 0.3 is 5.97 Å². The number of hydrogen-bond donors (Lipinski definition) is 1. The summed E-state index contributed by atoms with van der Waals surface area (Å²) in [5.41, 5.74) is 1.27. The molecule has 0 aliphatic rings. The minimum absolute atomic E-state index is 0.300. The van der Waals surface area contributed by atoms with Crippen LogP contribution in [0.25, 0.3) is 0 Å². The summed E-state index contributed by atoms with van der Waals surface area (Å²) in [5.74, 6) is -0.613. The molecule has 0 fully saturated rings. The van der Waals surface area contributed by atoms with E-state index in [2.05, 4.69) is 15.3 Å². The second-order valence-electron chi connectivity index (χ2n) is 4.08. The molecule has 20 heavy (non-hydrogen) atoms. The number of anilines is 1. The van der Waals surface area contributed by atoms with Gasteiger partial charge in [-0.2, -0.15) is 0 Å². The van der Waals surface area contributed by atoms with E-state index in [0.717, 1.165) is 5.56 Å². The summed E-state index contributed by atoms with van der Waals surface area (Å²) in [6, 6.07) is 6.72. The van der Waals surface area contributed by atoms with E-state index in [1.165, 1.54) is 6.20 Å². The summed E-state index contributed by atoms with van der Waals surface area (Å²) in [6.07, 6.45) is 4.52. The van der Waals surface area contributed by atoms with Crippen LogP contribution in [-0.4, -0.2) is 28.5 Å². The minimum Gasteiger partial charge on any atom is -0.452 e. The van der Waals surface area contributed by atoms with E-state index in [4.69, 9.17) is 4.74 Å². The number of aryl methyl sites for hydroxylation is 1. The lowest BCUT2D eigenvalue weighted by Gasteiger charge is -2.06. The number of amides is 1. The number of nitrogens with one attached hydrogen (secondary N) is 1. The fourth-order valence-corrected chi connectivity index (χ4v) is 1.48. The van der Waals surface area contributed by atoms with E-state index >= 15 is 0 Å². The van der Waals surface area contributed by atoms with Gasteiger partial charge in [0.25, 0.3) is 5.91 Å². The fourth-order valence-electron chi connectivity index (χ4n) is 1.48.